The predicted molar refractivity (Wildman–Crippen MR) is 72.0 cm³/mol. The molecule has 20 heavy (non-hydrogen) atoms. The van der Waals surface area contributed by atoms with Gasteiger partial charge >= 0.3 is 12.0 Å². The summed E-state index contributed by atoms with van der Waals surface area (Å²) < 4.78 is 9.89. The highest BCUT2D eigenvalue weighted by atomic mass is 32.2. The van der Waals surface area contributed by atoms with Gasteiger partial charge in [0.05, 0.1) is 14.2 Å². The van der Waals surface area contributed by atoms with Crippen molar-refractivity contribution < 1.29 is 19.1 Å². The number of amides is 1. The molecule has 1 atom stereocenters. The first kappa shape index (κ1) is 14.5. The second kappa shape index (κ2) is 6.04. The van der Waals surface area contributed by atoms with E-state index >= 15 is 0 Å². The van der Waals surface area contributed by atoms with Crippen LogP contribution in [0.2, 0.25) is 0 Å². The van der Waals surface area contributed by atoms with E-state index in [4.69, 9.17) is 9.47 Å². The molecule has 1 amide bonds. The lowest BCUT2D eigenvalue weighted by atomic mass is 10.4. The van der Waals surface area contributed by atoms with Gasteiger partial charge in [-0.2, -0.15) is 9.97 Å². The van der Waals surface area contributed by atoms with Crippen molar-refractivity contribution in [2.45, 2.75) is 18.6 Å². The molecule has 0 aromatic carbocycles. The van der Waals surface area contributed by atoms with E-state index in [1.807, 2.05) is 0 Å². The number of anilines is 1. The Kier molecular flexibility index (Phi) is 4.38. The number of carbonyl (C=O) groups is 2. The molecule has 1 aliphatic heterocycles. The zero-order valence-electron chi connectivity index (χ0n) is 11.3. The van der Waals surface area contributed by atoms with Gasteiger partial charge < -0.3 is 9.47 Å². The first-order valence-electron chi connectivity index (χ1n) is 5.85. The highest BCUT2D eigenvalue weighted by Gasteiger charge is 2.34. The minimum Gasteiger partial charge on any atom is -0.467 e. The third-order valence-electron chi connectivity index (χ3n) is 2.61. The molecule has 0 N–H and O–H groups in total. The van der Waals surface area contributed by atoms with Crippen molar-refractivity contribution in [2.24, 2.45) is 0 Å². The minimum absolute atomic E-state index is 0.0181. The van der Waals surface area contributed by atoms with Gasteiger partial charge in [-0.1, -0.05) is 11.8 Å². The van der Waals surface area contributed by atoms with Crippen molar-refractivity contribution in [1.29, 1.82) is 0 Å². The SMILES string of the molecule is COc1nc(OC)nc(N2CC(SC(C)=O)CC2=O)n1. The predicted octanol–water partition coefficient (Wildman–Crippen LogP) is 0.274. The van der Waals surface area contributed by atoms with Crippen LogP contribution in [-0.2, 0) is 9.59 Å². The number of carbonyl (C=O) groups excluding carboxylic acids is 2. The zero-order chi connectivity index (χ0) is 14.7. The Morgan fingerprint density at radius 2 is 1.85 bits per heavy atom. The van der Waals surface area contributed by atoms with Gasteiger partial charge in [0.2, 0.25) is 11.9 Å². The number of aromatic nitrogens is 3. The van der Waals surface area contributed by atoms with Crippen LogP contribution in [0.15, 0.2) is 0 Å². The quantitative estimate of drug-likeness (QED) is 0.782. The Hall–Kier alpha value is -1.90. The summed E-state index contributed by atoms with van der Waals surface area (Å²) in [4.78, 5) is 36.4. The van der Waals surface area contributed by atoms with E-state index in [1.165, 1.54) is 26.0 Å². The monoisotopic (exact) mass is 298 g/mol. The molecule has 0 radical (unpaired) electrons. The summed E-state index contributed by atoms with van der Waals surface area (Å²) in [5.74, 6) is 0.0319. The van der Waals surface area contributed by atoms with Crippen molar-refractivity contribution >= 4 is 28.7 Å². The average Bonchev–Trinajstić information content (AvgIpc) is 2.78. The molecule has 1 fully saturated rings. The van der Waals surface area contributed by atoms with Crippen LogP contribution in [0.25, 0.3) is 0 Å². The fourth-order valence-corrected chi connectivity index (χ4v) is 2.73. The summed E-state index contributed by atoms with van der Waals surface area (Å²) in [6, 6.07) is 0.143. The smallest absolute Gasteiger partial charge is 0.324 e. The summed E-state index contributed by atoms with van der Waals surface area (Å²) in [6.45, 7) is 1.85. The van der Waals surface area contributed by atoms with Crippen LogP contribution in [0, 0.1) is 0 Å². The van der Waals surface area contributed by atoms with Gasteiger partial charge in [-0.3, -0.25) is 14.5 Å². The van der Waals surface area contributed by atoms with E-state index in [9.17, 15) is 9.59 Å². The molecular weight excluding hydrogens is 284 g/mol. The summed E-state index contributed by atoms with van der Waals surface area (Å²) in [7, 11) is 2.83. The van der Waals surface area contributed by atoms with Crippen LogP contribution < -0.4 is 14.4 Å². The van der Waals surface area contributed by atoms with E-state index in [0.29, 0.717) is 6.54 Å². The van der Waals surface area contributed by atoms with Crippen molar-refractivity contribution in [1.82, 2.24) is 15.0 Å². The summed E-state index contributed by atoms with van der Waals surface area (Å²) in [5.41, 5.74) is 0. The standard InChI is InChI=1S/C11H14N4O4S/c1-6(16)20-7-4-8(17)15(5-7)9-12-10(18-2)14-11(13-9)19-3/h7H,4-5H2,1-3H3. The minimum atomic E-state index is -0.140. The fourth-order valence-electron chi connectivity index (χ4n) is 1.81. The molecule has 2 heterocycles. The molecule has 1 unspecified atom stereocenters. The van der Waals surface area contributed by atoms with Crippen LogP contribution in [0.5, 0.6) is 12.0 Å². The largest absolute Gasteiger partial charge is 0.467 e. The lowest BCUT2D eigenvalue weighted by molar-refractivity contribution is -0.117. The Balaban J connectivity index is 2.23. The van der Waals surface area contributed by atoms with Crippen LogP contribution in [0.3, 0.4) is 0 Å². The summed E-state index contributed by atoms with van der Waals surface area (Å²) >= 11 is 1.15. The number of nitrogens with zero attached hydrogens (tertiary/aromatic N) is 4. The van der Waals surface area contributed by atoms with Gasteiger partial charge in [-0.05, 0) is 0 Å². The second-order valence-corrected chi connectivity index (χ2v) is 5.53. The molecule has 0 spiro atoms. The topological polar surface area (TPSA) is 94.5 Å². The lowest BCUT2D eigenvalue weighted by Crippen LogP contribution is -2.27. The molecule has 1 aliphatic rings. The average molecular weight is 298 g/mol. The molecule has 1 aromatic heterocycles. The van der Waals surface area contributed by atoms with E-state index < -0.39 is 0 Å². The van der Waals surface area contributed by atoms with E-state index in [-0.39, 0.29) is 40.7 Å². The molecule has 2 rings (SSSR count). The first-order valence-corrected chi connectivity index (χ1v) is 6.73. The normalized spacial score (nSPS) is 18.2. The van der Waals surface area contributed by atoms with Crippen LogP contribution in [0.1, 0.15) is 13.3 Å². The molecule has 1 aromatic rings. The number of rotatable bonds is 4. The van der Waals surface area contributed by atoms with Crippen molar-refractivity contribution in [2.75, 3.05) is 25.7 Å². The van der Waals surface area contributed by atoms with Crippen LogP contribution in [0.4, 0.5) is 5.95 Å². The Morgan fingerprint density at radius 3 is 2.35 bits per heavy atom. The third-order valence-corrected chi connectivity index (χ3v) is 3.59. The summed E-state index contributed by atoms with van der Waals surface area (Å²) in [6.07, 6.45) is 0.278. The number of ether oxygens (including phenoxy) is 2. The van der Waals surface area contributed by atoms with Crippen molar-refractivity contribution in [3.8, 4) is 12.0 Å². The fraction of sp³-hybridized carbons (Fsp3) is 0.545. The maximum atomic E-state index is 12.0. The molecule has 9 heteroatoms. The van der Waals surface area contributed by atoms with E-state index in [1.54, 1.807) is 0 Å². The van der Waals surface area contributed by atoms with Crippen LogP contribution >= 0.6 is 11.8 Å². The Morgan fingerprint density at radius 1 is 1.25 bits per heavy atom. The van der Waals surface area contributed by atoms with Gasteiger partial charge in [-0.15, -0.1) is 4.98 Å². The number of hydrogen-bond acceptors (Lipinski definition) is 8. The van der Waals surface area contributed by atoms with Gasteiger partial charge in [0, 0.05) is 25.1 Å². The molecule has 108 valence electrons. The zero-order valence-corrected chi connectivity index (χ0v) is 12.1. The second-order valence-electron chi connectivity index (χ2n) is 4.05. The van der Waals surface area contributed by atoms with Crippen molar-refractivity contribution in [3.05, 3.63) is 0 Å². The molecule has 0 saturated carbocycles. The van der Waals surface area contributed by atoms with Gasteiger partial charge in [0.25, 0.3) is 0 Å². The summed E-state index contributed by atoms with van der Waals surface area (Å²) in [5, 5.41) is -0.107. The van der Waals surface area contributed by atoms with Gasteiger partial charge in [0.15, 0.2) is 5.12 Å². The molecule has 0 bridgehead atoms. The Labute approximate surface area is 119 Å². The molecule has 0 aliphatic carbocycles. The van der Waals surface area contributed by atoms with E-state index in [0.717, 1.165) is 11.8 Å². The Bertz CT molecular complexity index is 517. The third kappa shape index (κ3) is 3.16. The first-order chi connectivity index (χ1) is 9.53. The van der Waals surface area contributed by atoms with Crippen molar-refractivity contribution in [3.63, 3.8) is 0 Å². The number of thioether (sulfide) groups is 1. The highest BCUT2D eigenvalue weighted by Crippen LogP contribution is 2.28. The van der Waals surface area contributed by atoms with Crippen LogP contribution in [-0.4, -0.2) is 52.0 Å². The van der Waals surface area contributed by atoms with Gasteiger partial charge in [-0.25, -0.2) is 0 Å². The maximum Gasteiger partial charge on any atom is 0.324 e. The van der Waals surface area contributed by atoms with E-state index in [2.05, 4.69) is 15.0 Å². The molecule has 8 nitrogen and oxygen atoms in total. The highest BCUT2D eigenvalue weighted by molar-refractivity contribution is 8.14. The molecular formula is C11H14N4O4S. The lowest BCUT2D eigenvalue weighted by Gasteiger charge is -2.14. The van der Waals surface area contributed by atoms with Gasteiger partial charge in [0.1, 0.15) is 0 Å². The molecule has 1 saturated heterocycles. The number of methoxy groups -OCH3 is 2. The number of hydrogen-bond donors (Lipinski definition) is 0. The maximum absolute atomic E-state index is 12.0.